The lowest BCUT2D eigenvalue weighted by molar-refractivity contribution is 0.514. The van der Waals surface area contributed by atoms with E-state index in [0.717, 1.165) is 13.1 Å². The van der Waals surface area contributed by atoms with Gasteiger partial charge in [-0.2, -0.15) is 0 Å². The monoisotopic (exact) mass is 190 g/mol. The predicted molar refractivity (Wildman–Crippen MR) is 59.2 cm³/mol. The van der Waals surface area contributed by atoms with Gasteiger partial charge >= 0.3 is 0 Å². The van der Waals surface area contributed by atoms with Crippen molar-refractivity contribution in [1.29, 1.82) is 0 Å². The topological polar surface area (TPSA) is 24.1 Å². The van der Waals surface area contributed by atoms with Crippen LogP contribution in [-0.4, -0.2) is 13.6 Å². The molecule has 76 valence electrons. The molecule has 0 aromatic heterocycles. The molecule has 1 aromatic carbocycles. The Morgan fingerprint density at radius 1 is 1.43 bits per heavy atom. The summed E-state index contributed by atoms with van der Waals surface area (Å²) >= 11 is 0. The van der Waals surface area contributed by atoms with Gasteiger partial charge in [0.25, 0.3) is 0 Å². The number of hydrogen-bond donors (Lipinski definition) is 2. The second kappa shape index (κ2) is 4.58. The minimum absolute atomic E-state index is 0.583. The molecule has 1 atom stereocenters. The van der Waals surface area contributed by atoms with E-state index in [1.165, 1.54) is 24.0 Å². The molecule has 1 aromatic rings. The highest BCUT2D eigenvalue weighted by molar-refractivity contribution is 5.33. The SMILES string of the molecule is CNCCCC1NCc2ccccc21. The van der Waals surface area contributed by atoms with Crippen LogP contribution < -0.4 is 10.6 Å². The second-order valence-corrected chi connectivity index (χ2v) is 3.88. The fourth-order valence-electron chi connectivity index (χ4n) is 2.12. The average molecular weight is 190 g/mol. The number of fused-ring (bicyclic) bond motifs is 1. The highest BCUT2D eigenvalue weighted by Crippen LogP contribution is 2.27. The smallest absolute Gasteiger partial charge is 0.0326 e. The summed E-state index contributed by atoms with van der Waals surface area (Å²) in [5, 5.41) is 6.74. The summed E-state index contributed by atoms with van der Waals surface area (Å²) < 4.78 is 0. The summed E-state index contributed by atoms with van der Waals surface area (Å²) in [5.74, 6) is 0. The Morgan fingerprint density at radius 2 is 2.29 bits per heavy atom. The summed E-state index contributed by atoms with van der Waals surface area (Å²) in [6.45, 7) is 2.15. The molecule has 0 spiro atoms. The Kier molecular flexibility index (Phi) is 3.17. The predicted octanol–water partition coefficient (Wildman–Crippen LogP) is 1.83. The van der Waals surface area contributed by atoms with Crippen molar-refractivity contribution in [2.45, 2.75) is 25.4 Å². The molecule has 1 aliphatic rings. The normalized spacial score (nSPS) is 19.6. The average Bonchev–Trinajstić information content (AvgIpc) is 2.63. The molecule has 0 radical (unpaired) electrons. The first kappa shape index (κ1) is 9.69. The Bertz CT molecular complexity index is 296. The minimum atomic E-state index is 0.583. The van der Waals surface area contributed by atoms with E-state index in [9.17, 15) is 0 Å². The van der Waals surface area contributed by atoms with Crippen molar-refractivity contribution in [3.8, 4) is 0 Å². The van der Waals surface area contributed by atoms with Gasteiger partial charge in [0.2, 0.25) is 0 Å². The number of nitrogens with one attached hydrogen (secondary N) is 2. The van der Waals surface area contributed by atoms with Crippen LogP contribution in [0.1, 0.15) is 30.0 Å². The molecular weight excluding hydrogens is 172 g/mol. The van der Waals surface area contributed by atoms with Gasteiger partial charge in [-0.3, -0.25) is 0 Å². The van der Waals surface area contributed by atoms with Crippen molar-refractivity contribution in [2.24, 2.45) is 0 Å². The van der Waals surface area contributed by atoms with E-state index >= 15 is 0 Å². The summed E-state index contributed by atoms with van der Waals surface area (Å²) in [7, 11) is 2.01. The maximum atomic E-state index is 3.55. The van der Waals surface area contributed by atoms with Crippen LogP contribution in [0.25, 0.3) is 0 Å². The van der Waals surface area contributed by atoms with Gasteiger partial charge in [-0.1, -0.05) is 24.3 Å². The molecule has 1 aliphatic heterocycles. The first-order valence-electron chi connectivity index (χ1n) is 5.37. The lowest BCUT2D eigenvalue weighted by Crippen LogP contribution is -2.15. The van der Waals surface area contributed by atoms with E-state index in [-0.39, 0.29) is 0 Å². The quantitative estimate of drug-likeness (QED) is 0.708. The summed E-state index contributed by atoms with van der Waals surface area (Å²) in [6.07, 6.45) is 2.47. The van der Waals surface area contributed by atoms with Gasteiger partial charge in [0, 0.05) is 12.6 Å². The summed E-state index contributed by atoms with van der Waals surface area (Å²) in [6, 6.07) is 9.31. The number of rotatable bonds is 4. The molecular formula is C12H18N2. The zero-order chi connectivity index (χ0) is 9.80. The molecule has 2 N–H and O–H groups in total. The molecule has 2 rings (SSSR count). The molecule has 1 unspecified atom stereocenters. The maximum Gasteiger partial charge on any atom is 0.0326 e. The number of benzene rings is 1. The van der Waals surface area contributed by atoms with Crippen molar-refractivity contribution < 1.29 is 0 Å². The molecule has 1 heterocycles. The Hall–Kier alpha value is -0.860. The highest BCUT2D eigenvalue weighted by atomic mass is 14.9. The summed E-state index contributed by atoms with van der Waals surface area (Å²) in [5.41, 5.74) is 2.98. The van der Waals surface area contributed by atoms with Crippen LogP contribution in [0.5, 0.6) is 0 Å². The lowest BCUT2D eigenvalue weighted by atomic mass is 10.0. The molecule has 2 heteroatoms. The van der Waals surface area contributed by atoms with Crippen molar-refractivity contribution in [1.82, 2.24) is 10.6 Å². The van der Waals surface area contributed by atoms with Crippen LogP contribution in [0.3, 0.4) is 0 Å². The molecule has 0 amide bonds. The van der Waals surface area contributed by atoms with E-state index in [1.54, 1.807) is 0 Å². The van der Waals surface area contributed by atoms with Gasteiger partial charge < -0.3 is 10.6 Å². The number of hydrogen-bond acceptors (Lipinski definition) is 2. The second-order valence-electron chi connectivity index (χ2n) is 3.88. The van der Waals surface area contributed by atoms with E-state index < -0.39 is 0 Å². The van der Waals surface area contributed by atoms with Crippen molar-refractivity contribution >= 4 is 0 Å². The van der Waals surface area contributed by atoms with Crippen LogP contribution in [-0.2, 0) is 6.54 Å². The maximum absolute atomic E-state index is 3.55. The van der Waals surface area contributed by atoms with Crippen molar-refractivity contribution in [2.75, 3.05) is 13.6 Å². The molecule has 0 bridgehead atoms. The third-order valence-electron chi connectivity index (χ3n) is 2.89. The van der Waals surface area contributed by atoms with E-state index in [1.807, 2.05) is 7.05 Å². The standard InChI is InChI=1S/C12H18N2/c1-13-8-4-7-12-11-6-3-2-5-10(11)9-14-12/h2-3,5-6,12-14H,4,7-9H2,1H3. The third kappa shape index (κ3) is 1.97. The first-order chi connectivity index (χ1) is 6.92. The highest BCUT2D eigenvalue weighted by Gasteiger charge is 2.19. The largest absolute Gasteiger partial charge is 0.320 e. The fourth-order valence-corrected chi connectivity index (χ4v) is 2.12. The van der Waals surface area contributed by atoms with E-state index in [4.69, 9.17) is 0 Å². The third-order valence-corrected chi connectivity index (χ3v) is 2.89. The van der Waals surface area contributed by atoms with Gasteiger partial charge in [0.05, 0.1) is 0 Å². The van der Waals surface area contributed by atoms with Crippen LogP contribution in [0.15, 0.2) is 24.3 Å². The summed E-state index contributed by atoms with van der Waals surface area (Å²) in [4.78, 5) is 0. The van der Waals surface area contributed by atoms with Crippen molar-refractivity contribution in [3.05, 3.63) is 35.4 Å². The molecule has 0 saturated heterocycles. The van der Waals surface area contributed by atoms with Crippen LogP contribution in [0.2, 0.25) is 0 Å². The van der Waals surface area contributed by atoms with E-state index in [0.29, 0.717) is 6.04 Å². The Labute approximate surface area is 85.7 Å². The Balaban J connectivity index is 1.96. The van der Waals surface area contributed by atoms with E-state index in [2.05, 4.69) is 34.9 Å². The van der Waals surface area contributed by atoms with Gasteiger partial charge in [0.15, 0.2) is 0 Å². The van der Waals surface area contributed by atoms with Gasteiger partial charge in [-0.25, -0.2) is 0 Å². The van der Waals surface area contributed by atoms with Crippen molar-refractivity contribution in [3.63, 3.8) is 0 Å². The van der Waals surface area contributed by atoms with Crippen LogP contribution in [0.4, 0.5) is 0 Å². The van der Waals surface area contributed by atoms with Crippen LogP contribution >= 0.6 is 0 Å². The van der Waals surface area contributed by atoms with Gasteiger partial charge in [0.1, 0.15) is 0 Å². The van der Waals surface area contributed by atoms with Gasteiger partial charge in [-0.05, 0) is 37.6 Å². The zero-order valence-electron chi connectivity index (χ0n) is 8.72. The first-order valence-corrected chi connectivity index (χ1v) is 5.37. The Morgan fingerprint density at radius 3 is 3.14 bits per heavy atom. The zero-order valence-corrected chi connectivity index (χ0v) is 8.72. The molecule has 0 aliphatic carbocycles. The van der Waals surface area contributed by atoms with Crippen LogP contribution in [0, 0.1) is 0 Å². The minimum Gasteiger partial charge on any atom is -0.320 e. The fraction of sp³-hybridized carbons (Fsp3) is 0.500. The molecule has 0 saturated carbocycles. The molecule has 14 heavy (non-hydrogen) atoms. The molecule has 2 nitrogen and oxygen atoms in total. The molecule has 0 fully saturated rings. The van der Waals surface area contributed by atoms with Gasteiger partial charge in [-0.15, -0.1) is 0 Å². The lowest BCUT2D eigenvalue weighted by Gasteiger charge is -2.11.